The number of rotatable bonds is 7. The molecule has 3 aromatic rings. The monoisotopic (exact) mass is 516 g/mol. The quantitative estimate of drug-likeness (QED) is 0.506. The number of ether oxygens (including phenoxy) is 3. The molecule has 1 aliphatic rings. The topological polar surface area (TPSA) is 94.2 Å². The average molecular weight is 517 g/mol. The molecule has 0 aliphatic carbocycles. The van der Waals surface area contributed by atoms with Gasteiger partial charge in [-0.2, -0.15) is 0 Å². The Morgan fingerprint density at radius 1 is 1.09 bits per heavy atom. The van der Waals surface area contributed by atoms with Gasteiger partial charge in [-0.05, 0) is 61.5 Å². The van der Waals surface area contributed by atoms with Crippen molar-refractivity contribution in [3.8, 4) is 17.2 Å². The van der Waals surface area contributed by atoms with Crippen LogP contribution in [0.5, 0.6) is 17.2 Å². The number of carbonyl (C=O) groups excluding carboxylic acids is 1. The Morgan fingerprint density at radius 3 is 2.49 bits per heavy atom. The number of benzene rings is 3. The van der Waals surface area contributed by atoms with Crippen LogP contribution in [-0.4, -0.2) is 41.2 Å². The number of amides is 1. The first-order valence-corrected chi connectivity index (χ1v) is 12.6. The molecule has 4 rings (SSSR count). The standard InChI is InChI=1S/C25H25ClN2O6S/c1-16(20-14-18(32-2)10-13-22(20)33-3)27-25(29)24-15-28(21-6-4-5-7-23(21)34-24)35(30,31)19-11-8-17(26)9-12-19/h4-14,16,24H,15H2,1-3H3,(H,27,29)/t16-,24-/m1/s1. The van der Waals surface area contributed by atoms with Gasteiger partial charge in [0.1, 0.15) is 17.2 Å². The van der Waals surface area contributed by atoms with Crippen LogP contribution in [0.15, 0.2) is 71.6 Å². The fourth-order valence-electron chi connectivity index (χ4n) is 3.86. The molecule has 1 amide bonds. The van der Waals surface area contributed by atoms with E-state index in [1.165, 1.54) is 28.6 Å². The van der Waals surface area contributed by atoms with Crippen LogP contribution in [0.4, 0.5) is 5.69 Å². The molecular formula is C25H25ClN2O6S. The van der Waals surface area contributed by atoms with Crippen molar-refractivity contribution in [2.45, 2.75) is 24.0 Å². The zero-order valence-electron chi connectivity index (χ0n) is 19.4. The summed E-state index contributed by atoms with van der Waals surface area (Å²) in [5.41, 5.74) is 1.07. The van der Waals surface area contributed by atoms with E-state index in [1.807, 2.05) is 0 Å². The molecule has 2 atom stereocenters. The fraction of sp³-hybridized carbons (Fsp3) is 0.240. The number of hydrogen-bond donors (Lipinski definition) is 1. The molecule has 0 saturated heterocycles. The molecule has 1 N–H and O–H groups in total. The molecule has 0 radical (unpaired) electrons. The maximum absolute atomic E-state index is 13.5. The first-order chi connectivity index (χ1) is 16.7. The Bertz CT molecular complexity index is 1330. The van der Waals surface area contributed by atoms with Crippen molar-refractivity contribution in [3.63, 3.8) is 0 Å². The lowest BCUT2D eigenvalue weighted by Crippen LogP contribution is -2.51. The lowest BCUT2D eigenvalue weighted by molar-refractivity contribution is -0.128. The molecule has 35 heavy (non-hydrogen) atoms. The molecular weight excluding hydrogens is 492 g/mol. The third-order valence-electron chi connectivity index (χ3n) is 5.69. The van der Waals surface area contributed by atoms with Crippen molar-refractivity contribution in [3.05, 3.63) is 77.3 Å². The second kappa shape index (κ2) is 10.1. The molecule has 0 bridgehead atoms. The minimum atomic E-state index is -3.98. The van der Waals surface area contributed by atoms with E-state index in [0.717, 1.165) is 0 Å². The van der Waals surface area contributed by atoms with Gasteiger partial charge in [0.15, 0.2) is 6.10 Å². The predicted octanol–water partition coefficient (Wildman–Crippen LogP) is 4.19. The van der Waals surface area contributed by atoms with E-state index in [9.17, 15) is 13.2 Å². The lowest BCUT2D eigenvalue weighted by atomic mass is 10.1. The molecule has 0 spiro atoms. The van der Waals surface area contributed by atoms with Crippen molar-refractivity contribution in [1.29, 1.82) is 0 Å². The Hall–Kier alpha value is -3.43. The summed E-state index contributed by atoms with van der Waals surface area (Å²) in [6.07, 6.45) is -1.08. The number of carbonyl (C=O) groups is 1. The molecule has 1 heterocycles. The maximum Gasteiger partial charge on any atom is 0.264 e. The smallest absolute Gasteiger partial charge is 0.264 e. The van der Waals surface area contributed by atoms with Gasteiger partial charge in [-0.3, -0.25) is 9.10 Å². The van der Waals surface area contributed by atoms with Gasteiger partial charge in [0, 0.05) is 10.6 Å². The highest BCUT2D eigenvalue weighted by Gasteiger charge is 2.38. The maximum atomic E-state index is 13.5. The van der Waals surface area contributed by atoms with Crippen LogP contribution in [0.3, 0.4) is 0 Å². The molecule has 184 valence electrons. The van der Waals surface area contributed by atoms with Gasteiger partial charge in [0.2, 0.25) is 0 Å². The number of sulfonamides is 1. The van der Waals surface area contributed by atoms with E-state index in [0.29, 0.717) is 33.5 Å². The van der Waals surface area contributed by atoms with Crippen molar-refractivity contribution in [2.75, 3.05) is 25.1 Å². The van der Waals surface area contributed by atoms with Crippen molar-refractivity contribution < 1.29 is 27.4 Å². The molecule has 0 saturated carbocycles. The number of hydrogen-bond acceptors (Lipinski definition) is 6. The number of fused-ring (bicyclic) bond motifs is 1. The van der Waals surface area contributed by atoms with Crippen LogP contribution in [0.2, 0.25) is 5.02 Å². The second-order valence-electron chi connectivity index (χ2n) is 7.90. The molecule has 0 fully saturated rings. The summed E-state index contributed by atoms with van der Waals surface area (Å²) in [7, 11) is -0.885. The number of methoxy groups -OCH3 is 2. The molecule has 0 aromatic heterocycles. The largest absolute Gasteiger partial charge is 0.497 e. The molecule has 0 unspecified atom stereocenters. The summed E-state index contributed by atoms with van der Waals surface area (Å²) >= 11 is 5.93. The number of nitrogens with one attached hydrogen (secondary N) is 1. The Kier molecular flexibility index (Phi) is 7.09. The normalized spacial score (nSPS) is 16.0. The average Bonchev–Trinajstić information content (AvgIpc) is 2.87. The van der Waals surface area contributed by atoms with E-state index >= 15 is 0 Å². The van der Waals surface area contributed by atoms with Crippen LogP contribution in [0.1, 0.15) is 18.5 Å². The second-order valence-corrected chi connectivity index (χ2v) is 10.2. The van der Waals surface area contributed by atoms with Crippen molar-refractivity contribution in [1.82, 2.24) is 5.32 Å². The Labute approximate surface area is 209 Å². The summed E-state index contributed by atoms with van der Waals surface area (Å²) < 4.78 is 44.8. The Balaban J connectivity index is 1.62. The molecule has 1 aliphatic heterocycles. The van der Waals surface area contributed by atoms with Crippen LogP contribution < -0.4 is 23.8 Å². The highest BCUT2D eigenvalue weighted by Crippen LogP contribution is 2.37. The summed E-state index contributed by atoms with van der Waals surface area (Å²) in [5.74, 6) is 1.03. The van der Waals surface area contributed by atoms with Crippen LogP contribution in [0.25, 0.3) is 0 Å². The fourth-order valence-corrected chi connectivity index (χ4v) is 5.46. The van der Waals surface area contributed by atoms with Gasteiger partial charge in [-0.25, -0.2) is 8.42 Å². The van der Waals surface area contributed by atoms with E-state index < -0.39 is 28.1 Å². The van der Waals surface area contributed by atoms with Gasteiger partial charge in [0.05, 0.1) is 37.4 Å². The van der Waals surface area contributed by atoms with Gasteiger partial charge in [0.25, 0.3) is 15.9 Å². The van der Waals surface area contributed by atoms with Crippen LogP contribution >= 0.6 is 11.6 Å². The predicted molar refractivity (Wildman–Crippen MR) is 133 cm³/mol. The number of nitrogens with zero attached hydrogens (tertiary/aromatic N) is 1. The van der Waals surface area contributed by atoms with E-state index in [-0.39, 0.29) is 11.4 Å². The van der Waals surface area contributed by atoms with E-state index in [4.69, 9.17) is 25.8 Å². The summed E-state index contributed by atoms with van der Waals surface area (Å²) in [6.45, 7) is 1.60. The lowest BCUT2D eigenvalue weighted by Gasteiger charge is -2.35. The Morgan fingerprint density at radius 2 is 1.80 bits per heavy atom. The third-order valence-corrected chi connectivity index (χ3v) is 7.74. The zero-order valence-corrected chi connectivity index (χ0v) is 21.0. The van der Waals surface area contributed by atoms with Crippen LogP contribution in [0, 0.1) is 0 Å². The van der Waals surface area contributed by atoms with Crippen molar-refractivity contribution >= 4 is 33.2 Å². The SMILES string of the molecule is COc1ccc(OC)c([C@@H](C)NC(=O)[C@H]2CN(S(=O)(=O)c3ccc(Cl)cc3)c3ccccc3O2)c1. The molecule has 8 nitrogen and oxygen atoms in total. The third kappa shape index (κ3) is 5.01. The van der Waals surface area contributed by atoms with E-state index in [1.54, 1.807) is 63.6 Å². The summed E-state index contributed by atoms with van der Waals surface area (Å²) in [4.78, 5) is 13.3. The number of para-hydroxylation sites is 2. The summed E-state index contributed by atoms with van der Waals surface area (Å²) in [5, 5.41) is 3.33. The van der Waals surface area contributed by atoms with Gasteiger partial charge < -0.3 is 19.5 Å². The minimum Gasteiger partial charge on any atom is -0.497 e. The van der Waals surface area contributed by atoms with Crippen LogP contribution in [-0.2, 0) is 14.8 Å². The zero-order chi connectivity index (χ0) is 25.2. The highest BCUT2D eigenvalue weighted by molar-refractivity contribution is 7.92. The first kappa shape index (κ1) is 24.7. The first-order valence-electron chi connectivity index (χ1n) is 10.8. The van der Waals surface area contributed by atoms with Gasteiger partial charge in [-0.1, -0.05) is 23.7 Å². The summed E-state index contributed by atoms with van der Waals surface area (Å²) in [6, 6.07) is 17.4. The number of anilines is 1. The molecule has 10 heteroatoms. The van der Waals surface area contributed by atoms with Crippen molar-refractivity contribution in [2.24, 2.45) is 0 Å². The highest BCUT2D eigenvalue weighted by atomic mass is 35.5. The van der Waals surface area contributed by atoms with E-state index in [2.05, 4.69) is 5.32 Å². The number of halogens is 1. The van der Waals surface area contributed by atoms with Gasteiger partial charge in [-0.15, -0.1) is 0 Å². The van der Waals surface area contributed by atoms with Gasteiger partial charge >= 0.3 is 0 Å². The molecule has 3 aromatic carbocycles. The minimum absolute atomic E-state index is 0.0623.